The zero-order valence-electron chi connectivity index (χ0n) is 8.08. The fraction of sp³-hybridized carbons (Fsp3) is 0.556. The van der Waals surface area contributed by atoms with Gasteiger partial charge >= 0.3 is 0 Å². The number of amides is 1. The largest absolute Gasteiger partial charge is 0.320 e. The number of rotatable bonds is 3. The minimum atomic E-state index is -0.382. The van der Waals surface area contributed by atoms with Crippen LogP contribution in [0.2, 0.25) is 0 Å². The van der Waals surface area contributed by atoms with E-state index in [1.807, 2.05) is 6.92 Å². The SMILES string of the molecule is Cc1cc(NC(=O)C(N)C2CC2)n[nH]1. The van der Waals surface area contributed by atoms with Gasteiger partial charge in [0.2, 0.25) is 5.91 Å². The molecule has 1 aliphatic rings. The zero-order chi connectivity index (χ0) is 10.1. The number of carbonyl (C=O) groups excluding carboxylic acids is 1. The van der Waals surface area contributed by atoms with Crippen molar-refractivity contribution in [1.82, 2.24) is 10.2 Å². The van der Waals surface area contributed by atoms with Crippen LogP contribution in [-0.2, 0) is 4.79 Å². The van der Waals surface area contributed by atoms with Crippen molar-refractivity contribution in [3.8, 4) is 0 Å². The third-order valence-electron chi connectivity index (χ3n) is 2.39. The number of carbonyl (C=O) groups is 1. The highest BCUT2D eigenvalue weighted by molar-refractivity contribution is 5.94. The first-order chi connectivity index (χ1) is 6.66. The highest BCUT2D eigenvalue weighted by Gasteiger charge is 2.33. The second-order valence-corrected chi connectivity index (χ2v) is 3.79. The van der Waals surface area contributed by atoms with E-state index in [1.165, 1.54) is 0 Å². The molecule has 4 N–H and O–H groups in total. The predicted molar refractivity (Wildman–Crippen MR) is 52.7 cm³/mol. The van der Waals surface area contributed by atoms with Crippen LogP contribution in [-0.4, -0.2) is 22.1 Å². The number of anilines is 1. The van der Waals surface area contributed by atoms with Crippen LogP contribution in [0.25, 0.3) is 0 Å². The van der Waals surface area contributed by atoms with E-state index in [0.29, 0.717) is 11.7 Å². The van der Waals surface area contributed by atoms with Gasteiger partial charge in [-0.05, 0) is 25.7 Å². The molecule has 1 heterocycles. The summed E-state index contributed by atoms with van der Waals surface area (Å²) in [7, 11) is 0. The lowest BCUT2D eigenvalue weighted by Gasteiger charge is -2.08. The molecule has 0 aliphatic heterocycles. The normalized spacial score (nSPS) is 17.9. The van der Waals surface area contributed by atoms with Crippen molar-refractivity contribution in [2.75, 3.05) is 5.32 Å². The van der Waals surface area contributed by atoms with Gasteiger partial charge in [0.15, 0.2) is 5.82 Å². The lowest BCUT2D eigenvalue weighted by Crippen LogP contribution is -2.37. The molecule has 1 unspecified atom stereocenters. The van der Waals surface area contributed by atoms with Gasteiger partial charge in [-0.1, -0.05) is 0 Å². The topological polar surface area (TPSA) is 83.8 Å². The number of hydrogen-bond acceptors (Lipinski definition) is 3. The summed E-state index contributed by atoms with van der Waals surface area (Å²) in [4.78, 5) is 11.5. The van der Waals surface area contributed by atoms with E-state index in [1.54, 1.807) is 6.07 Å². The molecule has 0 spiro atoms. The van der Waals surface area contributed by atoms with E-state index < -0.39 is 0 Å². The highest BCUT2D eigenvalue weighted by atomic mass is 16.2. The van der Waals surface area contributed by atoms with Gasteiger partial charge in [0, 0.05) is 11.8 Å². The number of H-pyrrole nitrogens is 1. The number of hydrogen-bond donors (Lipinski definition) is 3. The molecule has 0 saturated heterocycles. The molecular weight excluding hydrogens is 180 g/mol. The summed E-state index contributed by atoms with van der Waals surface area (Å²) >= 11 is 0. The monoisotopic (exact) mass is 194 g/mol. The van der Waals surface area contributed by atoms with Crippen LogP contribution in [0.3, 0.4) is 0 Å². The molecule has 0 bridgehead atoms. The van der Waals surface area contributed by atoms with Crippen molar-refractivity contribution >= 4 is 11.7 Å². The maximum absolute atomic E-state index is 11.5. The quantitative estimate of drug-likeness (QED) is 0.651. The molecule has 5 heteroatoms. The fourth-order valence-corrected chi connectivity index (χ4v) is 1.36. The van der Waals surface area contributed by atoms with Crippen LogP contribution in [0.1, 0.15) is 18.5 Å². The smallest absolute Gasteiger partial charge is 0.242 e. The van der Waals surface area contributed by atoms with Gasteiger partial charge in [0.05, 0.1) is 6.04 Å². The summed E-state index contributed by atoms with van der Waals surface area (Å²) in [6.07, 6.45) is 2.13. The number of nitrogens with one attached hydrogen (secondary N) is 2. The molecule has 1 aromatic rings. The van der Waals surface area contributed by atoms with Crippen LogP contribution in [0.15, 0.2) is 6.07 Å². The number of nitrogens with zero attached hydrogens (tertiary/aromatic N) is 1. The van der Waals surface area contributed by atoms with E-state index in [0.717, 1.165) is 18.5 Å². The second kappa shape index (κ2) is 3.42. The Morgan fingerprint density at radius 1 is 1.79 bits per heavy atom. The van der Waals surface area contributed by atoms with E-state index in [4.69, 9.17) is 5.73 Å². The molecule has 1 aromatic heterocycles. The van der Waals surface area contributed by atoms with Gasteiger partial charge in [-0.2, -0.15) is 5.10 Å². The van der Waals surface area contributed by atoms with Gasteiger partial charge in [0.1, 0.15) is 0 Å². The number of aryl methyl sites for hydroxylation is 1. The number of nitrogens with two attached hydrogens (primary N) is 1. The molecule has 1 fully saturated rings. The predicted octanol–water partition coefficient (Wildman–Crippen LogP) is 0.394. The maximum Gasteiger partial charge on any atom is 0.242 e. The Kier molecular flexibility index (Phi) is 2.25. The summed E-state index contributed by atoms with van der Waals surface area (Å²) in [5.74, 6) is 0.776. The summed E-state index contributed by atoms with van der Waals surface area (Å²) < 4.78 is 0. The van der Waals surface area contributed by atoms with E-state index in [-0.39, 0.29) is 11.9 Å². The number of aromatic amines is 1. The van der Waals surface area contributed by atoms with Gasteiger partial charge in [0.25, 0.3) is 0 Å². The third-order valence-corrected chi connectivity index (χ3v) is 2.39. The van der Waals surface area contributed by atoms with Gasteiger partial charge in [-0.15, -0.1) is 0 Å². The molecular formula is C9H14N4O. The molecule has 14 heavy (non-hydrogen) atoms. The van der Waals surface area contributed by atoms with Crippen molar-refractivity contribution < 1.29 is 4.79 Å². The molecule has 1 atom stereocenters. The first-order valence-electron chi connectivity index (χ1n) is 4.75. The molecule has 5 nitrogen and oxygen atoms in total. The van der Waals surface area contributed by atoms with Crippen LogP contribution >= 0.6 is 0 Å². The van der Waals surface area contributed by atoms with Gasteiger partial charge < -0.3 is 11.1 Å². The lowest BCUT2D eigenvalue weighted by atomic mass is 10.2. The van der Waals surface area contributed by atoms with E-state index in [2.05, 4.69) is 15.5 Å². The van der Waals surface area contributed by atoms with E-state index >= 15 is 0 Å². The van der Waals surface area contributed by atoms with Crippen molar-refractivity contribution in [2.45, 2.75) is 25.8 Å². The minimum Gasteiger partial charge on any atom is -0.320 e. The van der Waals surface area contributed by atoms with Gasteiger partial charge in [-0.3, -0.25) is 9.89 Å². The van der Waals surface area contributed by atoms with Crippen LogP contribution in [0.4, 0.5) is 5.82 Å². The van der Waals surface area contributed by atoms with Gasteiger partial charge in [-0.25, -0.2) is 0 Å². The fourth-order valence-electron chi connectivity index (χ4n) is 1.36. The van der Waals surface area contributed by atoms with Crippen molar-refractivity contribution in [3.63, 3.8) is 0 Å². The van der Waals surface area contributed by atoms with Crippen LogP contribution in [0.5, 0.6) is 0 Å². The Morgan fingerprint density at radius 2 is 2.50 bits per heavy atom. The minimum absolute atomic E-state index is 0.140. The molecule has 1 aliphatic carbocycles. The Bertz CT molecular complexity index is 342. The van der Waals surface area contributed by atoms with Crippen LogP contribution < -0.4 is 11.1 Å². The Balaban J connectivity index is 1.93. The van der Waals surface area contributed by atoms with Crippen molar-refractivity contribution in [3.05, 3.63) is 11.8 Å². The van der Waals surface area contributed by atoms with Crippen molar-refractivity contribution in [1.29, 1.82) is 0 Å². The Labute approximate surface area is 82.1 Å². The standard InChI is InChI=1S/C9H14N4O/c1-5-4-7(13-12-5)11-9(14)8(10)6-2-3-6/h4,6,8H,2-3,10H2,1H3,(H2,11,12,13,14). The average Bonchev–Trinajstić information content (AvgIpc) is 2.91. The maximum atomic E-state index is 11.5. The van der Waals surface area contributed by atoms with Crippen molar-refractivity contribution in [2.24, 2.45) is 11.7 Å². The molecule has 76 valence electrons. The summed E-state index contributed by atoms with van der Waals surface area (Å²) in [6, 6.07) is 1.39. The molecule has 2 rings (SSSR count). The van der Waals surface area contributed by atoms with E-state index in [9.17, 15) is 4.79 Å². The molecule has 1 saturated carbocycles. The Morgan fingerprint density at radius 3 is 3.00 bits per heavy atom. The summed E-state index contributed by atoms with van der Waals surface area (Å²) in [5, 5.41) is 9.34. The third kappa shape index (κ3) is 1.93. The first kappa shape index (κ1) is 9.21. The average molecular weight is 194 g/mol. The lowest BCUT2D eigenvalue weighted by molar-refractivity contribution is -0.117. The molecule has 0 radical (unpaired) electrons. The Hall–Kier alpha value is -1.36. The second-order valence-electron chi connectivity index (χ2n) is 3.79. The summed E-state index contributed by atoms with van der Waals surface area (Å²) in [5.41, 5.74) is 6.64. The first-order valence-corrected chi connectivity index (χ1v) is 4.75. The zero-order valence-corrected chi connectivity index (χ0v) is 8.08. The number of aromatic nitrogens is 2. The molecule has 1 amide bonds. The summed E-state index contributed by atoms with van der Waals surface area (Å²) in [6.45, 7) is 1.88. The highest BCUT2D eigenvalue weighted by Crippen LogP contribution is 2.31. The van der Waals surface area contributed by atoms with Crippen LogP contribution in [0, 0.1) is 12.8 Å². The molecule has 0 aromatic carbocycles.